The van der Waals surface area contributed by atoms with Crippen LogP contribution in [0.15, 0.2) is 0 Å². The van der Waals surface area contributed by atoms with Crippen molar-refractivity contribution in [1.82, 2.24) is 21.3 Å². The Morgan fingerprint density at radius 1 is 0.660 bits per heavy atom. The molecule has 53 heavy (non-hydrogen) atoms. The molecule has 4 saturated heterocycles. The molecule has 4 heterocycles. The molecule has 0 saturated carbocycles. The van der Waals surface area contributed by atoms with E-state index >= 15 is 0 Å². The molecule has 4 N–H and O–H groups in total. The summed E-state index contributed by atoms with van der Waals surface area (Å²) in [5, 5.41) is 10.7. The van der Waals surface area contributed by atoms with Gasteiger partial charge in [0.15, 0.2) is 24.2 Å². The fourth-order valence-electron chi connectivity index (χ4n) is 6.76. The highest BCUT2D eigenvalue weighted by Crippen LogP contribution is 2.41. The second-order valence-electron chi connectivity index (χ2n) is 15.4. The van der Waals surface area contributed by atoms with Gasteiger partial charge in [-0.3, -0.25) is 14.4 Å². The topological polar surface area (TPSA) is 226 Å². The van der Waals surface area contributed by atoms with Crippen molar-refractivity contribution in [3.63, 3.8) is 0 Å². The molecule has 0 aromatic rings. The first-order chi connectivity index (χ1) is 24.6. The minimum absolute atomic E-state index is 0.344. The summed E-state index contributed by atoms with van der Waals surface area (Å²) < 4.78 is 57.5. The molecule has 19 nitrogen and oxygen atoms in total. The molecule has 4 fully saturated rings. The third-order valence-electron chi connectivity index (χ3n) is 8.93. The van der Waals surface area contributed by atoms with Crippen LogP contribution in [0.5, 0.6) is 0 Å². The first kappa shape index (κ1) is 42.6. The maximum absolute atomic E-state index is 13.7. The minimum atomic E-state index is -1.15. The van der Waals surface area contributed by atoms with E-state index in [4.69, 9.17) is 47.4 Å². The fourth-order valence-corrected chi connectivity index (χ4v) is 6.76. The number of fused-ring (bicyclic) bond motifs is 2. The standard InChI is InChI=1S/C34H56N4O15/c1-15(35-19(39)14-18(38-31(43)53-32(3,4)5)22-24(45-11)26-30(48-22)52-34(8,9)50-26)27(41)37-17(13-20(40)36-16(2)28(42)46-12)21-23(44-10)25-29(47-21)51-33(6,7)49-25/h15-18,21-26,29-30H,13-14H2,1-12H3,(H,35,39)(H,36,40)(H,37,41)(H,38,43)/t15-,16-,17-,18-,21+,22+,23-,24-,25+,26+,29+,30+/m0/s1. The number of esters is 1. The number of nitrogens with one attached hydrogen (secondary N) is 4. The van der Waals surface area contributed by atoms with E-state index in [0.717, 1.165) is 0 Å². The molecular weight excluding hydrogens is 704 g/mol. The zero-order valence-corrected chi connectivity index (χ0v) is 32.5. The maximum atomic E-state index is 13.7. The lowest BCUT2D eigenvalue weighted by Crippen LogP contribution is -2.57. The molecule has 0 bridgehead atoms. The zero-order valence-electron chi connectivity index (χ0n) is 32.5. The minimum Gasteiger partial charge on any atom is -0.467 e. The van der Waals surface area contributed by atoms with Gasteiger partial charge in [-0.2, -0.15) is 0 Å². The molecule has 0 spiro atoms. The Bertz CT molecular complexity index is 1360. The van der Waals surface area contributed by atoms with Crippen LogP contribution in [0.2, 0.25) is 0 Å². The quantitative estimate of drug-likeness (QED) is 0.173. The molecule has 4 rings (SSSR count). The second-order valence-corrected chi connectivity index (χ2v) is 15.4. The van der Waals surface area contributed by atoms with Crippen molar-refractivity contribution >= 4 is 29.8 Å². The van der Waals surface area contributed by atoms with Crippen molar-refractivity contribution in [3.05, 3.63) is 0 Å². The van der Waals surface area contributed by atoms with Crippen LogP contribution in [0.4, 0.5) is 4.79 Å². The average molecular weight is 761 g/mol. The summed E-state index contributed by atoms with van der Waals surface area (Å²) in [6.45, 7) is 14.9. The Kier molecular flexibility index (Phi) is 13.4. The molecule has 4 aliphatic heterocycles. The molecule has 302 valence electrons. The number of carbonyl (C=O) groups excluding carboxylic acids is 5. The van der Waals surface area contributed by atoms with Crippen LogP contribution < -0.4 is 21.3 Å². The lowest BCUT2D eigenvalue weighted by Gasteiger charge is -2.32. The number of methoxy groups -OCH3 is 3. The maximum Gasteiger partial charge on any atom is 0.407 e. The first-order valence-electron chi connectivity index (χ1n) is 17.6. The highest BCUT2D eigenvalue weighted by molar-refractivity contribution is 5.89. The first-order valence-corrected chi connectivity index (χ1v) is 17.6. The van der Waals surface area contributed by atoms with Gasteiger partial charge in [-0.1, -0.05) is 0 Å². The number of rotatable bonds is 14. The summed E-state index contributed by atoms with van der Waals surface area (Å²) >= 11 is 0. The highest BCUT2D eigenvalue weighted by atomic mass is 16.9. The van der Waals surface area contributed by atoms with Gasteiger partial charge in [0.05, 0.1) is 19.2 Å². The lowest BCUT2D eigenvalue weighted by molar-refractivity contribution is -0.220. The van der Waals surface area contributed by atoms with Crippen molar-refractivity contribution < 1.29 is 71.3 Å². The van der Waals surface area contributed by atoms with Crippen LogP contribution in [-0.2, 0) is 66.5 Å². The summed E-state index contributed by atoms with van der Waals surface area (Å²) in [5.74, 6) is -4.45. The Labute approximate surface area is 309 Å². The molecule has 0 aromatic heterocycles. The largest absolute Gasteiger partial charge is 0.467 e. The van der Waals surface area contributed by atoms with E-state index in [0.29, 0.717) is 0 Å². The van der Waals surface area contributed by atoms with E-state index in [-0.39, 0.29) is 12.8 Å². The van der Waals surface area contributed by atoms with Crippen molar-refractivity contribution in [2.24, 2.45) is 0 Å². The van der Waals surface area contributed by atoms with Crippen LogP contribution in [0.1, 0.15) is 75.2 Å². The Morgan fingerprint density at radius 2 is 1.09 bits per heavy atom. The summed E-state index contributed by atoms with van der Waals surface area (Å²) in [5.41, 5.74) is -0.837. The van der Waals surface area contributed by atoms with E-state index in [9.17, 15) is 24.0 Å². The van der Waals surface area contributed by atoms with Gasteiger partial charge in [-0.15, -0.1) is 0 Å². The summed E-state index contributed by atoms with van der Waals surface area (Å²) in [7, 11) is 4.09. The Morgan fingerprint density at radius 3 is 1.51 bits per heavy atom. The summed E-state index contributed by atoms with van der Waals surface area (Å²) in [4.78, 5) is 65.2. The Hall–Kier alpha value is -3.17. The monoisotopic (exact) mass is 760 g/mol. The normalized spacial score (nSPS) is 32.0. The fraction of sp³-hybridized carbons (Fsp3) is 0.853. The summed E-state index contributed by atoms with van der Waals surface area (Å²) in [6, 6.07) is -4.15. The van der Waals surface area contributed by atoms with Gasteiger partial charge < -0.3 is 68.6 Å². The highest BCUT2D eigenvalue weighted by Gasteiger charge is 2.58. The third kappa shape index (κ3) is 10.7. The molecule has 0 unspecified atom stereocenters. The van der Waals surface area contributed by atoms with Gasteiger partial charge >= 0.3 is 12.1 Å². The predicted molar refractivity (Wildman–Crippen MR) is 181 cm³/mol. The van der Waals surface area contributed by atoms with Gasteiger partial charge in [-0.05, 0) is 62.3 Å². The summed E-state index contributed by atoms with van der Waals surface area (Å²) in [6.07, 6.45) is -7.81. The van der Waals surface area contributed by atoms with E-state index < -0.39 is 120 Å². The van der Waals surface area contributed by atoms with Crippen molar-refractivity contribution in [2.75, 3.05) is 21.3 Å². The second kappa shape index (κ2) is 16.7. The van der Waals surface area contributed by atoms with Gasteiger partial charge in [0.1, 0.15) is 54.3 Å². The molecule has 0 aliphatic carbocycles. The lowest BCUT2D eigenvalue weighted by atomic mass is 9.99. The van der Waals surface area contributed by atoms with Crippen LogP contribution in [0, 0.1) is 0 Å². The van der Waals surface area contributed by atoms with Crippen LogP contribution in [0.3, 0.4) is 0 Å². The molecule has 0 aromatic carbocycles. The van der Waals surface area contributed by atoms with E-state index in [1.165, 1.54) is 35.2 Å². The SMILES string of the molecule is COC(=O)[C@H](C)NC(=O)C[C@H](NC(=O)[C@H](C)NC(=O)C[C@H](NC(=O)OC(C)(C)C)[C@H]1O[C@@H]2OC(C)(C)O[C@@H]2[C@H]1OC)[C@H]1O[C@@H]2OC(C)(C)O[C@@H]2[C@H]1OC. The van der Waals surface area contributed by atoms with Gasteiger partial charge in [0.25, 0.3) is 0 Å². The van der Waals surface area contributed by atoms with E-state index in [1.807, 2.05) is 0 Å². The van der Waals surface area contributed by atoms with Crippen LogP contribution >= 0.6 is 0 Å². The zero-order chi connectivity index (χ0) is 39.6. The van der Waals surface area contributed by atoms with Gasteiger partial charge in [0, 0.05) is 27.1 Å². The number of ether oxygens (including phenoxy) is 10. The van der Waals surface area contributed by atoms with Crippen molar-refractivity contribution in [3.8, 4) is 0 Å². The predicted octanol–water partition coefficient (Wildman–Crippen LogP) is 0.110. The van der Waals surface area contributed by atoms with Crippen LogP contribution in [-0.4, -0.2) is 142 Å². The Balaban J connectivity index is 1.47. The molecule has 0 radical (unpaired) electrons. The molecule has 12 atom stereocenters. The molecule has 4 amide bonds. The van der Waals surface area contributed by atoms with Crippen LogP contribution in [0.25, 0.3) is 0 Å². The number of hydrogen-bond acceptors (Lipinski definition) is 15. The van der Waals surface area contributed by atoms with Crippen molar-refractivity contribution in [1.29, 1.82) is 0 Å². The number of amides is 4. The number of carbonyl (C=O) groups is 5. The smallest absolute Gasteiger partial charge is 0.407 e. The van der Waals surface area contributed by atoms with Gasteiger partial charge in [-0.25, -0.2) is 9.59 Å². The third-order valence-corrected chi connectivity index (χ3v) is 8.93. The van der Waals surface area contributed by atoms with Gasteiger partial charge in [0.2, 0.25) is 17.7 Å². The van der Waals surface area contributed by atoms with Crippen molar-refractivity contribution in [2.45, 2.75) is 166 Å². The van der Waals surface area contributed by atoms with E-state index in [2.05, 4.69) is 21.3 Å². The number of hydrogen-bond donors (Lipinski definition) is 4. The molecule has 4 aliphatic rings. The average Bonchev–Trinajstić information content (AvgIpc) is 3.72. The molecular formula is C34H56N4O15. The number of alkyl carbamates (subject to hydrolysis) is 1. The van der Waals surface area contributed by atoms with E-state index in [1.54, 1.807) is 48.5 Å². The molecule has 19 heteroatoms.